The van der Waals surface area contributed by atoms with Crippen LogP contribution in [0.4, 0.5) is 5.69 Å². The summed E-state index contributed by atoms with van der Waals surface area (Å²) in [6.45, 7) is 3.49. The number of nitrogens with one attached hydrogen (secondary N) is 1. The molecule has 1 amide bonds. The Kier molecular flexibility index (Phi) is 4.63. The first-order chi connectivity index (χ1) is 13.1. The Hall–Kier alpha value is -2.77. The molecule has 27 heavy (non-hydrogen) atoms. The van der Waals surface area contributed by atoms with Crippen LogP contribution in [0.1, 0.15) is 28.8 Å². The van der Waals surface area contributed by atoms with Crippen LogP contribution in [0.15, 0.2) is 36.7 Å². The van der Waals surface area contributed by atoms with Crippen molar-refractivity contribution in [3.8, 4) is 11.5 Å². The van der Waals surface area contributed by atoms with E-state index in [0.717, 1.165) is 37.0 Å². The van der Waals surface area contributed by atoms with Crippen LogP contribution in [0.5, 0.6) is 11.5 Å². The van der Waals surface area contributed by atoms with Crippen molar-refractivity contribution in [3.05, 3.63) is 52.8 Å². The molecule has 1 aliphatic heterocycles. The first-order valence-electron chi connectivity index (χ1n) is 8.72. The number of carbonyl (C=O) groups excluding carboxylic acids is 1. The molecule has 140 valence electrons. The second kappa shape index (κ2) is 7.09. The number of ether oxygens (including phenoxy) is 1. The van der Waals surface area contributed by atoms with E-state index in [9.17, 15) is 4.79 Å². The highest BCUT2D eigenvalue weighted by Gasteiger charge is 2.24. The number of hydrogen-bond donors (Lipinski definition) is 2. The summed E-state index contributed by atoms with van der Waals surface area (Å²) in [6.07, 6.45) is 5.47. The molecule has 1 saturated heterocycles. The van der Waals surface area contributed by atoms with E-state index in [-0.39, 0.29) is 5.91 Å². The van der Waals surface area contributed by atoms with Crippen molar-refractivity contribution in [2.24, 2.45) is 0 Å². The molecule has 7 nitrogen and oxygen atoms in total. The number of fused-ring (bicyclic) bond motifs is 1. The van der Waals surface area contributed by atoms with Crippen molar-refractivity contribution < 1.29 is 14.7 Å². The van der Waals surface area contributed by atoms with Gasteiger partial charge in [0.05, 0.1) is 22.5 Å². The molecule has 0 aliphatic carbocycles. The van der Waals surface area contributed by atoms with Gasteiger partial charge in [0.1, 0.15) is 11.3 Å². The molecule has 8 heteroatoms. The number of anilines is 1. The number of halogens is 1. The summed E-state index contributed by atoms with van der Waals surface area (Å²) in [5.74, 6) is 1.12. The second-order valence-electron chi connectivity index (χ2n) is 6.51. The molecule has 4 rings (SSSR count). The van der Waals surface area contributed by atoms with E-state index in [2.05, 4.69) is 5.10 Å². The van der Waals surface area contributed by atoms with Crippen LogP contribution >= 0.6 is 11.6 Å². The van der Waals surface area contributed by atoms with Gasteiger partial charge < -0.3 is 9.64 Å². The van der Waals surface area contributed by atoms with Crippen molar-refractivity contribution in [2.75, 3.05) is 18.6 Å². The predicted molar refractivity (Wildman–Crippen MR) is 102 cm³/mol. The molecule has 0 atom stereocenters. The average molecular weight is 387 g/mol. The molecule has 3 heterocycles. The standard InChI is InChI=1S/C19H19ClN4O3/c1-12-14(19(25)23-8-2-3-9-23)11-24-18(12)17(6-7-21-24)27-13-4-5-16(22-26)15(20)10-13/h4-7,10-11,22,26H,2-3,8-9H2,1H3. The average Bonchev–Trinajstić information content (AvgIpc) is 3.30. The third-order valence-electron chi connectivity index (χ3n) is 4.80. The highest BCUT2D eigenvalue weighted by Crippen LogP contribution is 2.33. The molecule has 0 spiro atoms. The van der Waals surface area contributed by atoms with Crippen LogP contribution in [-0.2, 0) is 0 Å². The Morgan fingerprint density at radius 3 is 2.78 bits per heavy atom. The van der Waals surface area contributed by atoms with Gasteiger partial charge in [-0.1, -0.05) is 11.6 Å². The molecule has 1 aromatic carbocycles. The number of likely N-dealkylation sites (tertiary alicyclic amines) is 1. The SMILES string of the molecule is Cc1c(C(=O)N2CCCC2)cn2nccc(Oc3ccc(NO)c(Cl)c3)c12. The smallest absolute Gasteiger partial charge is 0.255 e. The minimum Gasteiger partial charge on any atom is -0.455 e. The van der Waals surface area contributed by atoms with Crippen molar-refractivity contribution in [1.29, 1.82) is 0 Å². The topological polar surface area (TPSA) is 79.1 Å². The largest absolute Gasteiger partial charge is 0.455 e. The van der Waals surface area contributed by atoms with Gasteiger partial charge in [-0.15, -0.1) is 0 Å². The van der Waals surface area contributed by atoms with E-state index in [1.807, 2.05) is 17.3 Å². The number of aryl methyl sites for hydroxylation is 1. The number of nitrogens with zero attached hydrogens (tertiary/aromatic N) is 3. The Balaban J connectivity index is 1.71. The fourth-order valence-corrected chi connectivity index (χ4v) is 3.60. The molecule has 0 radical (unpaired) electrons. The van der Waals surface area contributed by atoms with Crippen LogP contribution in [0.3, 0.4) is 0 Å². The normalized spacial score (nSPS) is 14.0. The Morgan fingerprint density at radius 2 is 2.07 bits per heavy atom. The van der Waals surface area contributed by atoms with E-state index in [1.54, 1.807) is 41.2 Å². The number of carbonyl (C=O) groups is 1. The number of hydrogen-bond acceptors (Lipinski definition) is 5. The third kappa shape index (κ3) is 3.20. The zero-order valence-electron chi connectivity index (χ0n) is 14.8. The van der Waals surface area contributed by atoms with Crippen molar-refractivity contribution in [1.82, 2.24) is 14.5 Å². The maximum atomic E-state index is 12.8. The summed E-state index contributed by atoms with van der Waals surface area (Å²) >= 11 is 6.09. The number of benzene rings is 1. The molecule has 0 unspecified atom stereocenters. The van der Waals surface area contributed by atoms with Gasteiger partial charge in [0.15, 0.2) is 5.75 Å². The summed E-state index contributed by atoms with van der Waals surface area (Å²) < 4.78 is 7.66. The lowest BCUT2D eigenvalue weighted by atomic mass is 10.1. The zero-order chi connectivity index (χ0) is 19.0. The van der Waals surface area contributed by atoms with Gasteiger partial charge >= 0.3 is 0 Å². The van der Waals surface area contributed by atoms with Gasteiger partial charge in [0, 0.05) is 31.4 Å². The number of amides is 1. The molecule has 1 fully saturated rings. The van der Waals surface area contributed by atoms with Gasteiger partial charge in [0.2, 0.25) is 0 Å². The fraction of sp³-hybridized carbons (Fsp3) is 0.263. The lowest BCUT2D eigenvalue weighted by Crippen LogP contribution is -2.27. The summed E-state index contributed by atoms with van der Waals surface area (Å²) in [6, 6.07) is 6.66. The van der Waals surface area contributed by atoms with Gasteiger partial charge in [-0.05, 0) is 37.5 Å². The van der Waals surface area contributed by atoms with Crippen LogP contribution in [0.2, 0.25) is 5.02 Å². The summed E-state index contributed by atoms with van der Waals surface area (Å²) in [5, 5.41) is 13.6. The lowest BCUT2D eigenvalue weighted by molar-refractivity contribution is 0.0792. The number of rotatable bonds is 4. The van der Waals surface area contributed by atoms with E-state index in [1.165, 1.54) is 0 Å². The van der Waals surface area contributed by atoms with E-state index >= 15 is 0 Å². The van der Waals surface area contributed by atoms with Gasteiger partial charge in [-0.25, -0.2) is 4.52 Å². The maximum Gasteiger partial charge on any atom is 0.255 e. The van der Waals surface area contributed by atoms with E-state index < -0.39 is 0 Å². The predicted octanol–water partition coefficient (Wildman–Crippen LogP) is 4.13. The molecule has 2 N–H and O–H groups in total. The lowest BCUT2D eigenvalue weighted by Gasteiger charge is -2.14. The van der Waals surface area contributed by atoms with Crippen molar-refractivity contribution in [2.45, 2.75) is 19.8 Å². The highest BCUT2D eigenvalue weighted by atomic mass is 35.5. The van der Waals surface area contributed by atoms with Crippen LogP contribution in [0, 0.1) is 6.92 Å². The molecular weight excluding hydrogens is 368 g/mol. The summed E-state index contributed by atoms with van der Waals surface area (Å²) in [4.78, 5) is 14.7. The molecule has 0 saturated carbocycles. The van der Waals surface area contributed by atoms with E-state index in [4.69, 9.17) is 21.5 Å². The van der Waals surface area contributed by atoms with Crippen LogP contribution in [0.25, 0.3) is 5.52 Å². The Labute approximate surface area is 161 Å². The quantitative estimate of drug-likeness (QED) is 0.659. The first-order valence-corrected chi connectivity index (χ1v) is 9.10. The Morgan fingerprint density at radius 1 is 1.30 bits per heavy atom. The van der Waals surface area contributed by atoms with E-state index in [0.29, 0.717) is 27.8 Å². The summed E-state index contributed by atoms with van der Waals surface area (Å²) in [5.41, 5.74) is 4.62. The van der Waals surface area contributed by atoms with Gasteiger partial charge in [-0.2, -0.15) is 5.10 Å². The molecule has 3 aromatic rings. The maximum absolute atomic E-state index is 12.8. The molecule has 0 bridgehead atoms. The second-order valence-corrected chi connectivity index (χ2v) is 6.92. The zero-order valence-corrected chi connectivity index (χ0v) is 15.5. The number of aromatic nitrogens is 2. The monoisotopic (exact) mass is 386 g/mol. The minimum atomic E-state index is 0.0304. The van der Waals surface area contributed by atoms with Crippen LogP contribution in [-0.4, -0.2) is 38.7 Å². The van der Waals surface area contributed by atoms with Gasteiger partial charge in [0.25, 0.3) is 5.91 Å². The van der Waals surface area contributed by atoms with Crippen molar-refractivity contribution >= 4 is 28.7 Å². The summed E-state index contributed by atoms with van der Waals surface area (Å²) in [7, 11) is 0. The first kappa shape index (κ1) is 17.6. The molecule has 1 aliphatic rings. The minimum absolute atomic E-state index is 0.0304. The van der Waals surface area contributed by atoms with Crippen LogP contribution < -0.4 is 10.2 Å². The molecule has 2 aromatic heterocycles. The molecular formula is C19H19ClN4O3. The fourth-order valence-electron chi connectivity index (χ4n) is 3.39. The third-order valence-corrected chi connectivity index (χ3v) is 5.12. The Bertz CT molecular complexity index is 1010. The highest BCUT2D eigenvalue weighted by molar-refractivity contribution is 6.33. The van der Waals surface area contributed by atoms with Crippen molar-refractivity contribution in [3.63, 3.8) is 0 Å². The van der Waals surface area contributed by atoms with Gasteiger partial charge in [-0.3, -0.25) is 15.5 Å².